The zero-order valence-electron chi connectivity index (χ0n) is 12.0. The van der Waals surface area contributed by atoms with E-state index in [0.29, 0.717) is 12.0 Å². The Kier molecular flexibility index (Phi) is 3.44. The third-order valence-electron chi connectivity index (χ3n) is 3.88. The Hall–Kier alpha value is -2.63. The second kappa shape index (κ2) is 5.29. The van der Waals surface area contributed by atoms with Gasteiger partial charge >= 0.3 is 5.97 Å². The summed E-state index contributed by atoms with van der Waals surface area (Å²) in [6.07, 6.45) is 2.37. The number of nitrogens with zero attached hydrogens (tertiary/aromatic N) is 1. The van der Waals surface area contributed by atoms with Crippen LogP contribution in [-0.4, -0.2) is 16.4 Å². The van der Waals surface area contributed by atoms with Crippen LogP contribution in [0.3, 0.4) is 0 Å². The first-order valence-corrected chi connectivity index (χ1v) is 6.91. The van der Waals surface area contributed by atoms with Gasteiger partial charge in [0.05, 0.1) is 5.56 Å². The topological polar surface area (TPSA) is 74.3 Å². The normalized spacial score (nSPS) is 16.4. The van der Waals surface area contributed by atoms with Crippen molar-refractivity contribution in [3.63, 3.8) is 0 Å². The zero-order valence-corrected chi connectivity index (χ0v) is 12.0. The number of primary amides is 1. The predicted molar refractivity (Wildman–Crippen MR) is 76.8 cm³/mol. The Balaban J connectivity index is 1.82. The molecule has 0 aliphatic heterocycles. The summed E-state index contributed by atoms with van der Waals surface area (Å²) >= 11 is 0. The van der Waals surface area contributed by atoms with Crippen molar-refractivity contribution in [2.24, 2.45) is 12.8 Å². The fraction of sp³-hybridized carbons (Fsp3) is 0.250. The molecule has 0 saturated carbocycles. The van der Waals surface area contributed by atoms with Gasteiger partial charge < -0.3 is 15.0 Å². The number of fused-ring (bicyclic) bond motifs is 1. The highest BCUT2D eigenvalue weighted by Crippen LogP contribution is 2.35. The van der Waals surface area contributed by atoms with Crippen molar-refractivity contribution in [3.8, 4) is 0 Å². The maximum Gasteiger partial charge on any atom is 0.355 e. The lowest BCUT2D eigenvalue weighted by Gasteiger charge is -2.13. The second-order valence-electron chi connectivity index (χ2n) is 5.36. The van der Waals surface area contributed by atoms with Crippen LogP contribution >= 0.6 is 0 Å². The van der Waals surface area contributed by atoms with Gasteiger partial charge in [0.15, 0.2) is 0 Å². The highest BCUT2D eigenvalue weighted by molar-refractivity contribution is 5.96. The molecule has 6 heteroatoms. The lowest BCUT2D eigenvalue weighted by Crippen LogP contribution is -2.13. The zero-order chi connectivity index (χ0) is 15.9. The van der Waals surface area contributed by atoms with Crippen molar-refractivity contribution in [3.05, 3.63) is 58.7 Å². The van der Waals surface area contributed by atoms with Crippen LogP contribution in [0.15, 0.2) is 30.5 Å². The number of rotatable bonds is 3. The molecule has 0 fully saturated rings. The summed E-state index contributed by atoms with van der Waals surface area (Å²) in [5.74, 6) is -1.52. The van der Waals surface area contributed by atoms with Gasteiger partial charge in [-0.2, -0.15) is 0 Å². The number of aryl methyl sites for hydroxylation is 2. The van der Waals surface area contributed by atoms with Crippen molar-refractivity contribution in [2.75, 3.05) is 0 Å². The second-order valence-corrected chi connectivity index (χ2v) is 5.36. The molecule has 3 rings (SSSR count). The molecule has 0 spiro atoms. The molecule has 0 bridgehead atoms. The maximum absolute atomic E-state index is 13.4. The number of nitrogens with two attached hydrogens (primary N) is 1. The van der Waals surface area contributed by atoms with Crippen LogP contribution in [0.1, 0.15) is 44.5 Å². The molecule has 1 aromatic heterocycles. The van der Waals surface area contributed by atoms with E-state index in [1.54, 1.807) is 13.1 Å². The summed E-state index contributed by atoms with van der Waals surface area (Å²) in [5.41, 5.74) is 7.37. The number of esters is 1. The molecule has 2 aromatic rings. The van der Waals surface area contributed by atoms with Gasteiger partial charge in [0.1, 0.15) is 17.6 Å². The molecule has 22 heavy (non-hydrogen) atoms. The number of amides is 1. The van der Waals surface area contributed by atoms with Gasteiger partial charge in [-0.1, -0.05) is 6.07 Å². The average Bonchev–Trinajstić information content (AvgIpc) is 3.03. The van der Waals surface area contributed by atoms with E-state index >= 15 is 0 Å². The maximum atomic E-state index is 13.4. The minimum Gasteiger partial charge on any atom is -0.453 e. The van der Waals surface area contributed by atoms with Crippen LogP contribution in [0.25, 0.3) is 0 Å². The first-order valence-electron chi connectivity index (χ1n) is 6.91. The smallest absolute Gasteiger partial charge is 0.355 e. The van der Waals surface area contributed by atoms with Gasteiger partial charge in [0, 0.05) is 13.2 Å². The van der Waals surface area contributed by atoms with Crippen LogP contribution in [0.5, 0.6) is 0 Å². The largest absolute Gasteiger partial charge is 0.453 e. The van der Waals surface area contributed by atoms with Crippen molar-refractivity contribution < 1.29 is 18.7 Å². The molecular weight excluding hydrogens is 287 g/mol. The van der Waals surface area contributed by atoms with Crippen LogP contribution in [-0.2, 0) is 18.2 Å². The van der Waals surface area contributed by atoms with Gasteiger partial charge in [0.25, 0.3) is 0 Å². The van der Waals surface area contributed by atoms with Gasteiger partial charge in [-0.05, 0) is 42.2 Å². The van der Waals surface area contributed by atoms with Crippen LogP contribution < -0.4 is 5.73 Å². The van der Waals surface area contributed by atoms with Crippen molar-refractivity contribution in [2.45, 2.75) is 18.9 Å². The Morgan fingerprint density at radius 3 is 2.82 bits per heavy atom. The van der Waals surface area contributed by atoms with E-state index in [0.717, 1.165) is 12.0 Å². The highest BCUT2D eigenvalue weighted by Gasteiger charge is 2.27. The molecule has 0 unspecified atom stereocenters. The number of benzene rings is 1. The quantitative estimate of drug-likeness (QED) is 0.882. The molecule has 1 heterocycles. The van der Waals surface area contributed by atoms with Crippen molar-refractivity contribution >= 4 is 11.9 Å². The lowest BCUT2D eigenvalue weighted by atomic mass is 10.1. The summed E-state index contributed by atoms with van der Waals surface area (Å²) < 4.78 is 20.3. The highest BCUT2D eigenvalue weighted by atomic mass is 19.1. The first-order chi connectivity index (χ1) is 10.5. The molecule has 1 atom stereocenters. The van der Waals surface area contributed by atoms with Crippen molar-refractivity contribution in [1.82, 2.24) is 4.57 Å². The fourth-order valence-corrected chi connectivity index (χ4v) is 2.75. The van der Waals surface area contributed by atoms with E-state index in [1.807, 2.05) is 0 Å². The Labute approximate surface area is 126 Å². The number of ether oxygens (including phenoxy) is 1. The Morgan fingerprint density at radius 1 is 1.36 bits per heavy atom. The average molecular weight is 302 g/mol. The van der Waals surface area contributed by atoms with Gasteiger partial charge in [0.2, 0.25) is 5.91 Å². The van der Waals surface area contributed by atoms with E-state index in [2.05, 4.69) is 0 Å². The van der Waals surface area contributed by atoms with Crippen molar-refractivity contribution in [1.29, 1.82) is 0 Å². The van der Waals surface area contributed by atoms with Crippen LogP contribution in [0.2, 0.25) is 0 Å². The number of aromatic nitrogens is 1. The SMILES string of the molecule is Cn1cc(C(N)=O)cc1C(=O)O[C@H]1CCc2ccc(F)cc21. The minimum atomic E-state index is -0.608. The molecule has 1 aromatic carbocycles. The monoisotopic (exact) mass is 302 g/mol. The number of hydrogen-bond acceptors (Lipinski definition) is 3. The molecular formula is C16H15FN2O3. The third-order valence-corrected chi connectivity index (χ3v) is 3.88. The Bertz CT molecular complexity index is 767. The lowest BCUT2D eigenvalue weighted by molar-refractivity contribution is 0.0289. The molecule has 0 radical (unpaired) electrons. The standard InChI is InChI=1S/C16H15FN2O3/c1-19-8-10(15(18)20)6-13(19)16(21)22-14-5-3-9-2-4-11(17)7-12(9)14/h2,4,6-8,14H,3,5H2,1H3,(H2,18,20)/t14-/m0/s1. The van der Waals surface area contributed by atoms with Crippen LogP contribution in [0.4, 0.5) is 4.39 Å². The van der Waals surface area contributed by atoms with Gasteiger partial charge in [-0.3, -0.25) is 4.79 Å². The molecule has 5 nitrogen and oxygen atoms in total. The van der Waals surface area contributed by atoms with E-state index < -0.39 is 18.0 Å². The molecule has 2 N–H and O–H groups in total. The fourth-order valence-electron chi connectivity index (χ4n) is 2.75. The van der Waals surface area contributed by atoms with E-state index in [4.69, 9.17) is 10.5 Å². The van der Waals surface area contributed by atoms with Gasteiger partial charge in [-0.25, -0.2) is 9.18 Å². The van der Waals surface area contributed by atoms with E-state index in [9.17, 15) is 14.0 Å². The van der Waals surface area contributed by atoms with Gasteiger partial charge in [-0.15, -0.1) is 0 Å². The predicted octanol–water partition coefficient (Wildman–Crippen LogP) is 2.11. The summed E-state index contributed by atoms with van der Waals surface area (Å²) in [6.45, 7) is 0. The molecule has 114 valence electrons. The first kappa shape index (κ1) is 14.3. The number of carbonyl (C=O) groups excluding carboxylic acids is 2. The summed E-state index contributed by atoms with van der Waals surface area (Å²) in [6, 6.07) is 5.91. The number of halogens is 1. The molecule has 1 aliphatic rings. The third kappa shape index (κ3) is 2.47. The molecule has 1 amide bonds. The summed E-state index contributed by atoms with van der Waals surface area (Å²) in [4.78, 5) is 23.4. The summed E-state index contributed by atoms with van der Waals surface area (Å²) in [7, 11) is 1.63. The number of carbonyl (C=O) groups is 2. The number of hydrogen-bond donors (Lipinski definition) is 1. The Morgan fingerprint density at radius 2 is 2.14 bits per heavy atom. The minimum absolute atomic E-state index is 0.235. The summed E-state index contributed by atoms with van der Waals surface area (Å²) in [5, 5.41) is 0. The van der Waals surface area contributed by atoms with E-state index in [1.165, 1.54) is 29.0 Å². The molecule has 1 aliphatic carbocycles. The van der Waals surface area contributed by atoms with E-state index in [-0.39, 0.29) is 17.1 Å². The molecule has 0 saturated heterocycles. The van der Waals surface area contributed by atoms with Crippen LogP contribution in [0, 0.1) is 5.82 Å².